The normalized spacial score (nSPS) is 21.2. The van der Waals surface area contributed by atoms with Gasteiger partial charge in [-0.2, -0.15) is 0 Å². The first-order valence-electron chi connectivity index (χ1n) is 7.76. The minimum atomic E-state index is -0.368. The number of anilines is 2. The van der Waals surface area contributed by atoms with E-state index in [1.54, 1.807) is 14.9 Å². The van der Waals surface area contributed by atoms with E-state index in [-0.39, 0.29) is 39.5 Å². The summed E-state index contributed by atoms with van der Waals surface area (Å²) in [6.45, 7) is 2.11. The SMILES string of the molecule is [CH2]=[Al][CH]=NC[C@H]1CN(c2ccc(N3CCOCC3=O)cc2)C(=O)O1. The van der Waals surface area contributed by atoms with Gasteiger partial charge in [-0.3, -0.25) is 4.79 Å². The van der Waals surface area contributed by atoms with Crippen LogP contribution in [0.15, 0.2) is 29.3 Å². The first kappa shape index (κ1) is 16.8. The summed E-state index contributed by atoms with van der Waals surface area (Å²) in [6.07, 6.45) is -0.604. The van der Waals surface area contributed by atoms with Gasteiger partial charge in [0, 0.05) is 0 Å². The molecule has 2 heterocycles. The van der Waals surface area contributed by atoms with Crippen molar-refractivity contribution < 1.29 is 19.1 Å². The van der Waals surface area contributed by atoms with Crippen LogP contribution < -0.4 is 9.80 Å². The third kappa shape index (κ3) is 3.73. The number of ether oxygens (including phenoxy) is 2. The van der Waals surface area contributed by atoms with Crippen LogP contribution in [0.25, 0.3) is 0 Å². The van der Waals surface area contributed by atoms with Gasteiger partial charge in [0.05, 0.1) is 6.61 Å². The van der Waals surface area contributed by atoms with E-state index in [1.807, 2.05) is 24.3 Å². The fraction of sp³-hybridized carbons (Fsp3) is 0.375. The van der Waals surface area contributed by atoms with Crippen LogP contribution in [-0.2, 0) is 14.3 Å². The first-order chi connectivity index (χ1) is 11.7. The van der Waals surface area contributed by atoms with Gasteiger partial charge >= 0.3 is 123 Å². The Morgan fingerprint density at radius 1 is 1.25 bits per heavy atom. The average molecular weight is 343 g/mol. The molecule has 24 heavy (non-hydrogen) atoms. The molecule has 1 aromatic carbocycles. The molecule has 0 unspecified atom stereocenters. The van der Waals surface area contributed by atoms with Crippen molar-refractivity contribution in [1.82, 2.24) is 0 Å². The van der Waals surface area contributed by atoms with Gasteiger partial charge < -0.3 is 4.74 Å². The molecular formula is C16H18AlN3O4. The quantitative estimate of drug-likeness (QED) is 0.578. The van der Waals surface area contributed by atoms with Gasteiger partial charge in [0.2, 0.25) is 0 Å². The van der Waals surface area contributed by atoms with Crippen molar-refractivity contribution in [2.75, 3.05) is 42.6 Å². The topological polar surface area (TPSA) is 71.4 Å². The number of rotatable bonds is 5. The molecule has 8 heteroatoms. The molecule has 2 aliphatic heterocycles. The van der Waals surface area contributed by atoms with Crippen LogP contribution in [0.1, 0.15) is 0 Å². The zero-order valence-electron chi connectivity index (χ0n) is 13.3. The summed E-state index contributed by atoms with van der Waals surface area (Å²) in [7, 11) is 0. The van der Waals surface area contributed by atoms with Gasteiger partial charge in [-0.1, -0.05) is 0 Å². The Balaban J connectivity index is 1.67. The molecule has 0 spiro atoms. The molecule has 0 radical (unpaired) electrons. The summed E-state index contributed by atoms with van der Waals surface area (Å²) in [6, 6.07) is 7.32. The van der Waals surface area contributed by atoms with E-state index >= 15 is 0 Å². The number of carbonyl (C=O) groups excluding carboxylic acids is 2. The number of carbonyl (C=O) groups is 2. The van der Waals surface area contributed by atoms with E-state index in [2.05, 4.69) is 10.4 Å². The Bertz CT molecular complexity index is 662. The predicted molar refractivity (Wildman–Crippen MR) is 93.5 cm³/mol. The van der Waals surface area contributed by atoms with E-state index in [9.17, 15) is 9.59 Å². The van der Waals surface area contributed by atoms with Crippen LogP contribution in [0.3, 0.4) is 0 Å². The van der Waals surface area contributed by atoms with Crippen LogP contribution in [0, 0.1) is 0 Å². The molecule has 124 valence electrons. The Labute approximate surface area is 146 Å². The number of benzene rings is 1. The maximum atomic E-state index is 12.0. The molecular weight excluding hydrogens is 325 g/mol. The Hall–Kier alpha value is -2.01. The van der Waals surface area contributed by atoms with E-state index in [0.717, 1.165) is 11.4 Å². The second-order valence-electron chi connectivity index (χ2n) is 5.48. The van der Waals surface area contributed by atoms with Crippen molar-refractivity contribution in [3.63, 3.8) is 0 Å². The number of hydrogen-bond donors (Lipinski definition) is 0. The fourth-order valence-electron chi connectivity index (χ4n) is 2.68. The summed E-state index contributed by atoms with van der Waals surface area (Å²) >= 11 is -0.0271. The zero-order valence-corrected chi connectivity index (χ0v) is 14.4. The summed E-state index contributed by atoms with van der Waals surface area (Å²) in [4.78, 5) is 31.4. The predicted octanol–water partition coefficient (Wildman–Crippen LogP) is 0.539. The zero-order chi connectivity index (χ0) is 16.9. The Kier molecular flexibility index (Phi) is 5.41. The molecule has 0 aliphatic carbocycles. The van der Waals surface area contributed by atoms with Gasteiger partial charge in [0.15, 0.2) is 0 Å². The number of nitrogens with zero attached hydrogens (tertiary/aromatic N) is 3. The second-order valence-corrected chi connectivity index (χ2v) is 6.25. The van der Waals surface area contributed by atoms with Crippen LogP contribution in [-0.4, -0.2) is 76.2 Å². The van der Waals surface area contributed by atoms with Crippen molar-refractivity contribution in [1.29, 1.82) is 0 Å². The van der Waals surface area contributed by atoms with E-state index in [1.165, 1.54) is 0 Å². The molecule has 3 rings (SSSR count). The summed E-state index contributed by atoms with van der Waals surface area (Å²) in [5.41, 5.74) is 1.55. The van der Waals surface area contributed by atoms with Crippen molar-refractivity contribution in [2.24, 2.45) is 4.99 Å². The Morgan fingerprint density at radius 2 is 1.96 bits per heavy atom. The molecule has 0 aromatic heterocycles. The van der Waals surface area contributed by atoms with Crippen LogP contribution in [0.5, 0.6) is 0 Å². The van der Waals surface area contributed by atoms with Crippen LogP contribution in [0.4, 0.5) is 16.2 Å². The molecule has 7 nitrogen and oxygen atoms in total. The van der Waals surface area contributed by atoms with Crippen molar-refractivity contribution >= 4 is 48.6 Å². The number of hydrogen-bond acceptors (Lipinski definition) is 5. The van der Waals surface area contributed by atoms with Gasteiger partial charge in [0.1, 0.15) is 6.61 Å². The van der Waals surface area contributed by atoms with Gasteiger partial charge in [-0.05, 0) is 0 Å². The number of amides is 2. The third-order valence-corrected chi connectivity index (χ3v) is 4.27. The first-order valence-corrected chi connectivity index (χ1v) is 9.24. The molecule has 0 bridgehead atoms. The molecule has 2 aliphatic rings. The minimum absolute atomic E-state index is 0.0271. The van der Waals surface area contributed by atoms with Gasteiger partial charge in [-0.25, -0.2) is 0 Å². The second kappa shape index (κ2) is 7.71. The third-order valence-electron chi connectivity index (χ3n) is 3.85. The molecule has 2 saturated heterocycles. The average Bonchev–Trinajstić information content (AvgIpc) is 2.96. The standard InChI is InChI=1S/C15H16N3O4.CH2.Al/c1-16-8-13-9-18(15(20)22-13)12-4-2-11(3-5-12)17-6-7-21-10-14(17)19;;/h1-5,13H,6-10H2;1H2;/t13-;;/m0../s1. The van der Waals surface area contributed by atoms with E-state index in [4.69, 9.17) is 9.47 Å². The van der Waals surface area contributed by atoms with Crippen molar-refractivity contribution in [2.45, 2.75) is 6.10 Å². The molecule has 1 aromatic rings. The van der Waals surface area contributed by atoms with Crippen LogP contribution in [0.2, 0.25) is 0 Å². The molecule has 2 fully saturated rings. The van der Waals surface area contributed by atoms with Crippen molar-refractivity contribution in [3.8, 4) is 0 Å². The van der Waals surface area contributed by atoms with E-state index in [0.29, 0.717) is 26.2 Å². The summed E-state index contributed by atoms with van der Waals surface area (Å²) in [5.74, 6) is -0.0555. The molecule has 0 saturated carbocycles. The molecule has 0 N–H and O–H groups in total. The summed E-state index contributed by atoms with van der Waals surface area (Å²) < 4.78 is 10.4. The van der Waals surface area contributed by atoms with Crippen LogP contribution >= 0.6 is 0 Å². The van der Waals surface area contributed by atoms with Gasteiger partial charge in [0.25, 0.3) is 0 Å². The van der Waals surface area contributed by atoms with Gasteiger partial charge in [-0.15, -0.1) is 0 Å². The molecule has 2 amide bonds. The summed E-state index contributed by atoms with van der Waals surface area (Å²) in [5, 5.41) is 5.56. The monoisotopic (exact) mass is 343 g/mol. The molecule has 1 atom stereocenters. The number of aliphatic imine (C=N–C) groups is 1. The number of morpholine rings is 1. The number of cyclic esters (lactones) is 1. The fourth-order valence-corrected chi connectivity index (χ4v) is 2.95. The van der Waals surface area contributed by atoms with E-state index < -0.39 is 0 Å². The maximum absolute atomic E-state index is 12.0. The Morgan fingerprint density at radius 3 is 2.62 bits per heavy atom. The van der Waals surface area contributed by atoms with Crippen molar-refractivity contribution in [3.05, 3.63) is 24.3 Å².